The molecule has 2 aromatic rings. The summed E-state index contributed by atoms with van der Waals surface area (Å²) in [6, 6.07) is 9.69. The quantitative estimate of drug-likeness (QED) is 0.833. The number of nitrogen functional groups attached to an aromatic ring is 1. The third-order valence-electron chi connectivity index (χ3n) is 2.87. The van der Waals surface area contributed by atoms with Crippen LogP contribution in [0.5, 0.6) is 5.88 Å². The largest absolute Gasteiger partial charge is 0.476 e. The van der Waals surface area contributed by atoms with Crippen LogP contribution in [0.4, 0.5) is 17.2 Å². The molecule has 0 spiro atoms. The predicted octanol–water partition coefficient (Wildman–Crippen LogP) is 4.51. The minimum atomic E-state index is 0.428. The standard InChI is InChI=1S/C16H20BrN3O/c1-10(2)9-21-16-14(18)6-7-15(20-16)19-12-4-5-13(17)11(3)8-12/h4-8,10H,9,18H2,1-3H3,(H,19,20). The van der Waals surface area contributed by atoms with Crippen LogP contribution in [-0.4, -0.2) is 11.6 Å². The van der Waals surface area contributed by atoms with Gasteiger partial charge < -0.3 is 15.8 Å². The van der Waals surface area contributed by atoms with E-state index in [9.17, 15) is 0 Å². The van der Waals surface area contributed by atoms with E-state index < -0.39 is 0 Å². The molecule has 0 saturated heterocycles. The summed E-state index contributed by atoms with van der Waals surface area (Å²) >= 11 is 3.49. The Morgan fingerprint density at radius 2 is 2.05 bits per heavy atom. The minimum absolute atomic E-state index is 0.428. The van der Waals surface area contributed by atoms with Crippen LogP contribution in [0.25, 0.3) is 0 Å². The second-order valence-corrected chi connectivity index (χ2v) is 6.24. The van der Waals surface area contributed by atoms with Gasteiger partial charge >= 0.3 is 0 Å². The van der Waals surface area contributed by atoms with E-state index in [-0.39, 0.29) is 0 Å². The van der Waals surface area contributed by atoms with Gasteiger partial charge in [0.05, 0.1) is 12.3 Å². The summed E-state index contributed by atoms with van der Waals surface area (Å²) in [6.07, 6.45) is 0. The summed E-state index contributed by atoms with van der Waals surface area (Å²) in [4.78, 5) is 4.42. The summed E-state index contributed by atoms with van der Waals surface area (Å²) in [5, 5.41) is 3.26. The molecule has 21 heavy (non-hydrogen) atoms. The van der Waals surface area contributed by atoms with Crippen LogP contribution >= 0.6 is 15.9 Å². The Morgan fingerprint density at radius 3 is 2.71 bits per heavy atom. The van der Waals surface area contributed by atoms with E-state index >= 15 is 0 Å². The minimum Gasteiger partial charge on any atom is -0.476 e. The summed E-state index contributed by atoms with van der Waals surface area (Å²) < 4.78 is 6.72. The SMILES string of the molecule is Cc1cc(Nc2ccc(N)c(OCC(C)C)n2)ccc1Br. The maximum atomic E-state index is 5.89. The first kappa shape index (κ1) is 15.6. The van der Waals surface area contributed by atoms with Gasteiger partial charge in [0, 0.05) is 10.2 Å². The van der Waals surface area contributed by atoms with E-state index in [4.69, 9.17) is 10.5 Å². The molecule has 1 heterocycles. The van der Waals surface area contributed by atoms with Crippen molar-refractivity contribution in [1.82, 2.24) is 4.98 Å². The molecule has 0 amide bonds. The molecule has 0 aliphatic rings. The van der Waals surface area contributed by atoms with Crippen molar-refractivity contribution < 1.29 is 4.74 Å². The molecule has 1 aromatic carbocycles. The van der Waals surface area contributed by atoms with Crippen LogP contribution in [0.1, 0.15) is 19.4 Å². The number of nitrogens with one attached hydrogen (secondary N) is 1. The monoisotopic (exact) mass is 349 g/mol. The van der Waals surface area contributed by atoms with Crippen molar-refractivity contribution >= 4 is 33.1 Å². The molecule has 0 fully saturated rings. The number of aryl methyl sites for hydroxylation is 1. The van der Waals surface area contributed by atoms with Crippen LogP contribution < -0.4 is 15.8 Å². The maximum Gasteiger partial charge on any atom is 0.239 e. The number of halogens is 1. The number of hydrogen-bond acceptors (Lipinski definition) is 4. The number of pyridine rings is 1. The van der Waals surface area contributed by atoms with Crippen LogP contribution in [0, 0.1) is 12.8 Å². The molecule has 4 nitrogen and oxygen atoms in total. The van der Waals surface area contributed by atoms with Crippen LogP contribution in [-0.2, 0) is 0 Å². The van der Waals surface area contributed by atoms with E-state index in [1.54, 1.807) is 6.07 Å². The van der Waals surface area contributed by atoms with Crippen molar-refractivity contribution in [2.75, 3.05) is 17.7 Å². The van der Waals surface area contributed by atoms with E-state index in [2.05, 4.69) is 46.1 Å². The Balaban J connectivity index is 2.16. The fourth-order valence-electron chi connectivity index (χ4n) is 1.75. The molecule has 0 aliphatic heterocycles. The number of ether oxygens (including phenoxy) is 1. The average molecular weight is 350 g/mol. The van der Waals surface area contributed by atoms with Gasteiger partial charge in [-0.1, -0.05) is 29.8 Å². The average Bonchev–Trinajstić information content (AvgIpc) is 2.43. The molecule has 0 radical (unpaired) electrons. The van der Waals surface area contributed by atoms with Gasteiger partial charge in [0.25, 0.3) is 0 Å². The van der Waals surface area contributed by atoms with Gasteiger partial charge in [0.2, 0.25) is 5.88 Å². The third kappa shape index (κ3) is 4.36. The molecule has 0 saturated carbocycles. The summed E-state index contributed by atoms with van der Waals surface area (Å²) in [6.45, 7) is 6.81. The summed E-state index contributed by atoms with van der Waals surface area (Å²) in [5.74, 6) is 1.61. The fraction of sp³-hybridized carbons (Fsp3) is 0.312. The Hall–Kier alpha value is -1.75. The normalized spacial score (nSPS) is 10.7. The second kappa shape index (κ2) is 6.80. The van der Waals surface area contributed by atoms with Crippen molar-refractivity contribution in [2.24, 2.45) is 5.92 Å². The highest BCUT2D eigenvalue weighted by Gasteiger charge is 2.06. The zero-order chi connectivity index (χ0) is 15.4. The van der Waals surface area contributed by atoms with Gasteiger partial charge in [-0.2, -0.15) is 4.98 Å². The molecular weight excluding hydrogens is 330 g/mol. The van der Waals surface area contributed by atoms with Crippen molar-refractivity contribution in [2.45, 2.75) is 20.8 Å². The second-order valence-electron chi connectivity index (χ2n) is 5.38. The molecule has 0 atom stereocenters. The van der Waals surface area contributed by atoms with Crippen molar-refractivity contribution in [3.63, 3.8) is 0 Å². The number of rotatable bonds is 5. The van der Waals surface area contributed by atoms with Crippen molar-refractivity contribution in [3.8, 4) is 5.88 Å². The summed E-state index contributed by atoms with van der Waals surface area (Å²) in [7, 11) is 0. The number of benzene rings is 1. The lowest BCUT2D eigenvalue weighted by Crippen LogP contribution is -2.08. The number of hydrogen-bond donors (Lipinski definition) is 2. The molecule has 3 N–H and O–H groups in total. The maximum absolute atomic E-state index is 5.89. The van der Waals surface area contributed by atoms with E-state index in [1.165, 1.54) is 0 Å². The highest BCUT2D eigenvalue weighted by Crippen LogP contribution is 2.25. The Kier molecular flexibility index (Phi) is 5.07. The first-order chi connectivity index (χ1) is 9.95. The number of anilines is 3. The van der Waals surface area contributed by atoms with Crippen molar-refractivity contribution in [1.29, 1.82) is 0 Å². The molecule has 0 aliphatic carbocycles. The predicted molar refractivity (Wildman–Crippen MR) is 91.1 cm³/mol. The Bertz CT molecular complexity index is 629. The highest BCUT2D eigenvalue weighted by molar-refractivity contribution is 9.10. The molecule has 0 bridgehead atoms. The first-order valence-corrected chi connectivity index (χ1v) is 7.67. The Labute approximate surface area is 133 Å². The number of nitrogens with zero attached hydrogens (tertiary/aromatic N) is 1. The molecular formula is C16H20BrN3O. The van der Waals surface area contributed by atoms with Gasteiger partial charge in [0.15, 0.2) is 0 Å². The van der Waals surface area contributed by atoms with Gasteiger partial charge in [-0.15, -0.1) is 0 Å². The van der Waals surface area contributed by atoms with Crippen LogP contribution in [0.2, 0.25) is 0 Å². The molecule has 5 heteroatoms. The molecule has 112 valence electrons. The van der Waals surface area contributed by atoms with Gasteiger partial charge in [-0.3, -0.25) is 0 Å². The van der Waals surface area contributed by atoms with Gasteiger partial charge in [-0.25, -0.2) is 0 Å². The van der Waals surface area contributed by atoms with E-state index in [0.29, 0.717) is 29.9 Å². The lowest BCUT2D eigenvalue weighted by Gasteiger charge is -2.12. The zero-order valence-electron chi connectivity index (χ0n) is 12.5. The van der Waals surface area contributed by atoms with Crippen LogP contribution in [0.15, 0.2) is 34.8 Å². The van der Waals surface area contributed by atoms with Crippen LogP contribution in [0.3, 0.4) is 0 Å². The highest BCUT2D eigenvalue weighted by atomic mass is 79.9. The van der Waals surface area contributed by atoms with Gasteiger partial charge in [0.1, 0.15) is 5.82 Å². The molecule has 1 aromatic heterocycles. The van der Waals surface area contributed by atoms with Crippen molar-refractivity contribution in [3.05, 3.63) is 40.4 Å². The lowest BCUT2D eigenvalue weighted by atomic mass is 10.2. The third-order valence-corrected chi connectivity index (χ3v) is 3.76. The summed E-state index contributed by atoms with van der Waals surface area (Å²) in [5.41, 5.74) is 8.57. The van der Waals surface area contributed by atoms with E-state index in [1.807, 2.05) is 25.1 Å². The first-order valence-electron chi connectivity index (χ1n) is 6.88. The molecule has 0 unspecified atom stereocenters. The molecule has 2 rings (SSSR count). The Morgan fingerprint density at radius 1 is 1.29 bits per heavy atom. The van der Waals surface area contributed by atoms with Gasteiger partial charge in [-0.05, 0) is 48.7 Å². The zero-order valence-corrected chi connectivity index (χ0v) is 14.1. The van der Waals surface area contributed by atoms with E-state index in [0.717, 1.165) is 15.7 Å². The number of nitrogens with two attached hydrogens (primary N) is 1. The number of aromatic nitrogens is 1. The lowest BCUT2D eigenvalue weighted by molar-refractivity contribution is 0.263. The fourth-order valence-corrected chi connectivity index (χ4v) is 2.00. The smallest absolute Gasteiger partial charge is 0.239 e. The topological polar surface area (TPSA) is 60.2 Å².